The Bertz CT molecular complexity index is 1200. The maximum Gasteiger partial charge on any atom is 0.295 e. The van der Waals surface area contributed by atoms with Gasteiger partial charge in [-0.3, -0.25) is 14.6 Å². The number of aromatic nitrogens is 1. The Morgan fingerprint density at radius 1 is 0.968 bits per heavy atom. The number of ketones is 1. The molecule has 1 unspecified atom stereocenters. The number of Topliss-reactive ketones (excluding diaryl/α,β-unsaturated/α-hetero) is 1. The minimum Gasteiger partial charge on any atom is -0.507 e. The molecule has 0 aliphatic carbocycles. The number of aryl methyl sites for hydroxylation is 3. The van der Waals surface area contributed by atoms with Crippen molar-refractivity contribution in [3.8, 4) is 0 Å². The normalized spacial score (nSPS) is 17.9. The lowest BCUT2D eigenvalue weighted by atomic mass is 9.92. The molecule has 0 radical (unpaired) electrons. The number of likely N-dealkylation sites (tertiary alicyclic amines) is 1. The number of aliphatic hydroxyl groups excluding tert-OH is 1. The number of carbonyl (C=O) groups is 2. The van der Waals surface area contributed by atoms with Crippen molar-refractivity contribution in [2.45, 2.75) is 33.4 Å². The van der Waals surface area contributed by atoms with Crippen LogP contribution in [0, 0.1) is 20.8 Å². The highest BCUT2D eigenvalue weighted by atomic mass is 16.3. The highest BCUT2D eigenvalue weighted by molar-refractivity contribution is 6.46. The van der Waals surface area contributed by atoms with E-state index in [0.29, 0.717) is 5.56 Å². The number of nitrogens with zero attached hydrogens (tertiary/aromatic N) is 2. The summed E-state index contributed by atoms with van der Waals surface area (Å²) in [4.78, 5) is 31.8. The lowest BCUT2D eigenvalue weighted by Gasteiger charge is -2.26. The minimum atomic E-state index is -0.673. The van der Waals surface area contributed by atoms with Gasteiger partial charge in [-0.1, -0.05) is 47.5 Å². The number of benzene rings is 2. The highest BCUT2D eigenvalue weighted by Gasteiger charge is 2.46. The number of hydrogen-bond acceptors (Lipinski definition) is 4. The molecule has 1 amide bonds. The molecular weight excluding hydrogens is 388 g/mol. The van der Waals surface area contributed by atoms with Gasteiger partial charge >= 0.3 is 0 Å². The maximum absolute atomic E-state index is 13.2. The summed E-state index contributed by atoms with van der Waals surface area (Å²) in [5.74, 6) is -1.42. The predicted molar refractivity (Wildman–Crippen MR) is 119 cm³/mol. The summed E-state index contributed by atoms with van der Waals surface area (Å²) in [5, 5.41) is 11.3. The average Bonchev–Trinajstić information content (AvgIpc) is 3.00. The minimum absolute atomic E-state index is 0.123. The molecule has 1 N–H and O–H groups in total. The van der Waals surface area contributed by atoms with Gasteiger partial charge in [0, 0.05) is 24.5 Å². The van der Waals surface area contributed by atoms with E-state index in [4.69, 9.17) is 0 Å². The highest BCUT2D eigenvalue weighted by Crippen LogP contribution is 2.41. The molecule has 4 rings (SSSR count). The van der Waals surface area contributed by atoms with Gasteiger partial charge in [-0.2, -0.15) is 0 Å². The number of pyridine rings is 1. The monoisotopic (exact) mass is 412 g/mol. The summed E-state index contributed by atoms with van der Waals surface area (Å²) in [6.07, 6.45) is 3.31. The Morgan fingerprint density at radius 2 is 1.68 bits per heavy atom. The summed E-state index contributed by atoms with van der Waals surface area (Å²) in [6.45, 7) is 6.01. The van der Waals surface area contributed by atoms with Crippen LogP contribution in [0.3, 0.4) is 0 Å². The molecule has 1 saturated heterocycles. The van der Waals surface area contributed by atoms with E-state index in [1.807, 2.05) is 75.4 Å². The largest absolute Gasteiger partial charge is 0.507 e. The molecule has 3 aromatic rings. The van der Waals surface area contributed by atoms with Crippen LogP contribution in [0.2, 0.25) is 0 Å². The van der Waals surface area contributed by atoms with Crippen LogP contribution < -0.4 is 0 Å². The summed E-state index contributed by atoms with van der Waals surface area (Å²) in [6, 6.07) is 16.4. The number of rotatable bonds is 4. The van der Waals surface area contributed by atoms with E-state index in [1.165, 1.54) is 4.90 Å². The second-order valence-corrected chi connectivity index (χ2v) is 8.01. The van der Waals surface area contributed by atoms with Crippen LogP contribution in [0.1, 0.15) is 39.4 Å². The molecule has 1 aliphatic heterocycles. The van der Waals surface area contributed by atoms with Gasteiger partial charge in [0.1, 0.15) is 5.76 Å². The van der Waals surface area contributed by atoms with Gasteiger partial charge < -0.3 is 10.0 Å². The SMILES string of the molecule is Cc1cccc(C2/C(=C(\O)c3cc(C)ccc3C)C(=O)C(=O)N2Cc2ccncc2)c1. The van der Waals surface area contributed by atoms with Crippen LogP contribution in [0.25, 0.3) is 5.76 Å². The molecule has 31 heavy (non-hydrogen) atoms. The molecule has 1 fully saturated rings. The zero-order valence-corrected chi connectivity index (χ0v) is 17.8. The number of amides is 1. The number of aliphatic hydroxyl groups is 1. The van der Waals surface area contributed by atoms with Crippen LogP contribution >= 0.6 is 0 Å². The molecule has 1 aromatic heterocycles. The molecule has 1 aliphatic rings. The lowest BCUT2D eigenvalue weighted by molar-refractivity contribution is -0.140. The van der Waals surface area contributed by atoms with Crippen LogP contribution in [0.15, 0.2) is 72.6 Å². The Labute approximate surface area is 181 Å². The van der Waals surface area contributed by atoms with E-state index < -0.39 is 17.7 Å². The molecule has 2 aromatic carbocycles. The first-order valence-electron chi connectivity index (χ1n) is 10.2. The molecule has 0 bridgehead atoms. The van der Waals surface area contributed by atoms with Gasteiger partial charge in [-0.05, 0) is 55.7 Å². The summed E-state index contributed by atoms with van der Waals surface area (Å²) in [5.41, 5.74) is 5.16. The van der Waals surface area contributed by atoms with Crippen molar-refractivity contribution >= 4 is 17.4 Å². The van der Waals surface area contributed by atoms with Crippen molar-refractivity contribution in [3.05, 3.63) is 106 Å². The first kappa shape index (κ1) is 20.5. The molecular formula is C26H24N2O3. The quantitative estimate of drug-likeness (QED) is 0.385. The average molecular weight is 412 g/mol. The third-order valence-electron chi connectivity index (χ3n) is 5.65. The van der Waals surface area contributed by atoms with E-state index in [2.05, 4.69) is 4.98 Å². The standard InChI is InChI=1S/C26H24N2O3/c1-16-5-4-6-20(13-16)23-22(24(29)21-14-17(2)7-8-18(21)3)25(30)26(31)28(23)15-19-9-11-27-12-10-19/h4-14,23,29H,15H2,1-3H3/b24-22+. The first-order chi connectivity index (χ1) is 14.9. The molecule has 1 atom stereocenters. The maximum atomic E-state index is 13.2. The van der Waals surface area contributed by atoms with E-state index >= 15 is 0 Å². The van der Waals surface area contributed by atoms with Crippen molar-refractivity contribution in [1.82, 2.24) is 9.88 Å². The van der Waals surface area contributed by atoms with E-state index in [-0.39, 0.29) is 17.9 Å². The third-order valence-corrected chi connectivity index (χ3v) is 5.65. The van der Waals surface area contributed by atoms with Crippen LogP contribution in [-0.4, -0.2) is 26.7 Å². The van der Waals surface area contributed by atoms with Gasteiger partial charge in [0.15, 0.2) is 0 Å². The number of hydrogen-bond donors (Lipinski definition) is 1. The van der Waals surface area contributed by atoms with Crippen LogP contribution in [0.5, 0.6) is 0 Å². The van der Waals surface area contributed by atoms with Crippen molar-refractivity contribution < 1.29 is 14.7 Å². The second kappa shape index (κ2) is 8.19. The Balaban J connectivity index is 1.91. The van der Waals surface area contributed by atoms with E-state index in [0.717, 1.165) is 27.8 Å². The summed E-state index contributed by atoms with van der Waals surface area (Å²) in [7, 11) is 0. The van der Waals surface area contributed by atoms with Crippen molar-refractivity contribution in [2.75, 3.05) is 0 Å². The Kier molecular flexibility index (Phi) is 5.42. The predicted octanol–water partition coefficient (Wildman–Crippen LogP) is 4.63. The number of carbonyl (C=O) groups excluding carboxylic acids is 2. The summed E-state index contributed by atoms with van der Waals surface area (Å²) < 4.78 is 0. The van der Waals surface area contributed by atoms with Gasteiger partial charge in [0.25, 0.3) is 11.7 Å². The van der Waals surface area contributed by atoms with Gasteiger partial charge in [0.05, 0.1) is 11.6 Å². The molecule has 5 heteroatoms. The van der Waals surface area contributed by atoms with E-state index in [9.17, 15) is 14.7 Å². The van der Waals surface area contributed by atoms with Crippen LogP contribution in [-0.2, 0) is 16.1 Å². The van der Waals surface area contributed by atoms with Crippen molar-refractivity contribution in [1.29, 1.82) is 0 Å². The molecule has 2 heterocycles. The van der Waals surface area contributed by atoms with Crippen molar-refractivity contribution in [2.24, 2.45) is 0 Å². The Morgan fingerprint density at radius 3 is 2.39 bits per heavy atom. The second-order valence-electron chi connectivity index (χ2n) is 8.01. The summed E-state index contributed by atoms with van der Waals surface area (Å²) >= 11 is 0. The molecule has 0 saturated carbocycles. The zero-order chi connectivity index (χ0) is 22.1. The fraction of sp³-hybridized carbons (Fsp3) is 0.192. The molecule has 0 spiro atoms. The third kappa shape index (κ3) is 3.87. The molecule has 5 nitrogen and oxygen atoms in total. The van der Waals surface area contributed by atoms with Crippen LogP contribution in [0.4, 0.5) is 0 Å². The zero-order valence-electron chi connectivity index (χ0n) is 17.8. The Hall–Kier alpha value is -3.73. The van der Waals surface area contributed by atoms with Gasteiger partial charge in [-0.15, -0.1) is 0 Å². The topological polar surface area (TPSA) is 70.5 Å². The molecule has 156 valence electrons. The first-order valence-corrected chi connectivity index (χ1v) is 10.2. The smallest absolute Gasteiger partial charge is 0.295 e. The van der Waals surface area contributed by atoms with Crippen molar-refractivity contribution in [3.63, 3.8) is 0 Å². The lowest BCUT2D eigenvalue weighted by Crippen LogP contribution is -2.29. The van der Waals surface area contributed by atoms with Gasteiger partial charge in [0.2, 0.25) is 0 Å². The fourth-order valence-electron chi connectivity index (χ4n) is 4.05. The van der Waals surface area contributed by atoms with E-state index in [1.54, 1.807) is 12.4 Å². The fourth-order valence-corrected chi connectivity index (χ4v) is 4.05. The van der Waals surface area contributed by atoms with Gasteiger partial charge in [-0.25, -0.2) is 0 Å².